The van der Waals surface area contributed by atoms with Gasteiger partial charge in [-0.05, 0) is 50.3 Å². The second-order valence-electron chi connectivity index (χ2n) is 6.86. The Hall–Kier alpha value is -2.96. The lowest BCUT2D eigenvalue weighted by atomic mass is 10.2. The molecule has 140 valence electrons. The number of fused-ring (bicyclic) bond motifs is 1. The van der Waals surface area contributed by atoms with Crippen molar-refractivity contribution in [2.24, 2.45) is 5.92 Å². The summed E-state index contributed by atoms with van der Waals surface area (Å²) in [6.07, 6.45) is 7.72. The standard InChI is InChI=1S/C20H22N4O3/c1-3-26-20(25)18-16-11-24(23-17(16)6-7-21-18)10-15-8-13(2)19(22-9-15)27-12-14-4-5-14/h6-9,11,14H,3-5,10,12H2,1-2H3. The molecule has 0 aromatic carbocycles. The molecule has 1 aliphatic rings. The van der Waals surface area contributed by atoms with E-state index < -0.39 is 5.97 Å². The minimum atomic E-state index is -0.433. The molecule has 0 atom stereocenters. The number of rotatable bonds is 7. The van der Waals surface area contributed by atoms with Crippen LogP contribution in [0.15, 0.2) is 30.7 Å². The highest BCUT2D eigenvalue weighted by Crippen LogP contribution is 2.29. The Morgan fingerprint density at radius 1 is 1.33 bits per heavy atom. The summed E-state index contributed by atoms with van der Waals surface area (Å²) >= 11 is 0. The number of nitrogens with zero attached hydrogens (tertiary/aromatic N) is 4. The van der Waals surface area contributed by atoms with Gasteiger partial charge in [-0.1, -0.05) is 0 Å². The average molecular weight is 366 g/mol. The van der Waals surface area contributed by atoms with Gasteiger partial charge < -0.3 is 9.47 Å². The fourth-order valence-electron chi connectivity index (χ4n) is 2.96. The fraction of sp³-hybridized carbons (Fsp3) is 0.400. The van der Waals surface area contributed by atoms with E-state index in [1.54, 1.807) is 23.9 Å². The van der Waals surface area contributed by atoms with Gasteiger partial charge in [0, 0.05) is 24.2 Å². The van der Waals surface area contributed by atoms with Crippen LogP contribution in [0, 0.1) is 12.8 Å². The normalized spacial score (nSPS) is 13.7. The second kappa shape index (κ2) is 7.34. The molecule has 0 saturated heterocycles. The van der Waals surface area contributed by atoms with Crippen LogP contribution >= 0.6 is 0 Å². The topological polar surface area (TPSA) is 79.1 Å². The quantitative estimate of drug-likeness (QED) is 0.598. The monoisotopic (exact) mass is 366 g/mol. The minimum Gasteiger partial charge on any atom is -0.477 e. The van der Waals surface area contributed by atoms with E-state index in [2.05, 4.69) is 21.1 Å². The van der Waals surface area contributed by atoms with Crippen molar-refractivity contribution < 1.29 is 14.3 Å². The first kappa shape index (κ1) is 17.5. The lowest BCUT2D eigenvalue weighted by molar-refractivity contribution is 0.0522. The molecular formula is C20H22N4O3. The summed E-state index contributed by atoms with van der Waals surface area (Å²) in [5, 5.41) is 5.23. The third-order valence-electron chi connectivity index (χ3n) is 4.53. The maximum atomic E-state index is 12.1. The van der Waals surface area contributed by atoms with Crippen LogP contribution in [0.2, 0.25) is 0 Å². The molecule has 27 heavy (non-hydrogen) atoms. The number of pyridine rings is 2. The second-order valence-corrected chi connectivity index (χ2v) is 6.86. The van der Waals surface area contributed by atoms with E-state index in [1.165, 1.54) is 12.8 Å². The highest BCUT2D eigenvalue weighted by Gasteiger charge is 2.22. The van der Waals surface area contributed by atoms with E-state index >= 15 is 0 Å². The molecule has 0 radical (unpaired) electrons. The molecule has 0 unspecified atom stereocenters. The van der Waals surface area contributed by atoms with Gasteiger partial charge in [-0.15, -0.1) is 0 Å². The molecule has 3 heterocycles. The summed E-state index contributed by atoms with van der Waals surface area (Å²) in [6.45, 7) is 5.39. The molecule has 7 nitrogen and oxygen atoms in total. The van der Waals surface area contributed by atoms with Crippen LogP contribution in [0.25, 0.3) is 10.9 Å². The van der Waals surface area contributed by atoms with Crippen LogP contribution in [0.4, 0.5) is 0 Å². The van der Waals surface area contributed by atoms with Crippen LogP contribution in [-0.2, 0) is 11.3 Å². The molecule has 4 rings (SSSR count). The predicted octanol–water partition coefficient (Wildman–Crippen LogP) is 3.15. The lowest BCUT2D eigenvalue weighted by Gasteiger charge is -2.09. The predicted molar refractivity (Wildman–Crippen MR) is 99.8 cm³/mol. The minimum absolute atomic E-state index is 0.290. The van der Waals surface area contributed by atoms with Crippen molar-refractivity contribution in [3.8, 4) is 5.88 Å². The first-order valence-corrected chi connectivity index (χ1v) is 9.21. The zero-order valence-electron chi connectivity index (χ0n) is 15.5. The zero-order valence-corrected chi connectivity index (χ0v) is 15.5. The Balaban J connectivity index is 1.53. The number of carbonyl (C=O) groups is 1. The molecular weight excluding hydrogens is 344 g/mol. The van der Waals surface area contributed by atoms with Gasteiger partial charge in [-0.3, -0.25) is 4.68 Å². The van der Waals surface area contributed by atoms with E-state index in [4.69, 9.17) is 9.47 Å². The number of hydrogen-bond donors (Lipinski definition) is 0. The van der Waals surface area contributed by atoms with E-state index in [0.717, 1.165) is 17.7 Å². The molecule has 7 heteroatoms. The third kappa shape index (κ3) is 3.92. The van der Waals surface area contributed by atoms with Gasteiger partial charge >= 0.3 is 5.97 Å². The van der Waals surface area contributed by atoms with Crippen molar-refractivity contribution in [1.29, 1.82) is 0 Å². The van der Waals surface area contributed by atoms with Crippen LogP contribution in [0.1, 0.15) is 41.4 Å². The van der Waals surface area contributed by atoms with Crippen molar-refractivity contribution in [3.63, 3.8) is 0 Å². The van der Waals surface area contributed by atoms with Crippen molar-refractivity contribution in [3.05, 3.63) is 47.5 Å². The van der Waals surface area contributed by atoms with Crippen LogP contribution in [0.5, 0.6) is 5.88 Å². The number of ether oxygens (including phenoxy) is 2. The number of aromatic nitrogens is 4. The molecule has 0 spiro atoms. The van der Waals surface area contributed by atoms with E-state index in [9.17, 15) is 4.79 Å². The van der Waals surface area contributed by atoms with Crippen molar-refractivity contribution in [1.82, 2.24) is 19.7 Å². The Morgan fingerprint density at radius 3 is 2.93 bits per heavy atom. The van der Waals surface area contributed by atoms with Crippen LogP contribution in [0.3, 0.4) is 0 Å². The molecule has 3 aromatic heterocycles. The fourth-order valence-corrected chi connectivity index (χ4v) is 2.96. The number of aryl methyl sites for hydroxylation is 1. The smallest absolute Gasteiger partial charge is 0.357 e. The van der Waals surface area contributed by atoms with Crippen LogP contribution in [-0.4, -0.2) is 38.9 Å². The van der Waals surface area contributed by atoms with Gasteiger partial charge in [0.05, 0.1) is 30.7 Å². The average Bonchev–Trinajstić information content (AvgIpc) is 3.38. The Labute approximate surface area is 157 Å². The summed E-state index contributed by atoms with van der Waals surface area (Å²) in [5.41, 5.74) is 3.03. The van der Waals surface area contributed by atoms with Gasteiger partial charge in [-0.2, -0.15) is 5.10 Å². The summed E-state index contributed by atoms with van der Waals surface area (Å²) in [7, 11) is 0. The first-order valence-electron chi connectivity index (χ1n) is 9.21. The Kier molecular flexibility index (Phi) is 4.75. The summed E-state index contributed by atoms with van der Waals surface area (Å²) in [5.74, 6) is 0.965. The molecule has 1 aliphatic carbocycles. The Bertz CT molecular complexity index is 979. The summed E-state index contributed by atoms with van der Waals surface area (Å²) in [6, 6.07) is 3.85. The maximum absolute atomic E-state index is 12.1. The first-order chi connectivity index (χ1) is 13.1. The van der Waals surface area contributed by atoms with Crippen molar-refractivity contribution in [2.45, 2.75) is 33.2 Å². The maximum Gasteiger partial charge on any atom is 0.357 e. The lowest BCUT2D eigenvalue weighted by Crippen LogP contribution is -2.07. The van der Waals surface area contributed by atoms with Gasteiger partial charge in [0.25, 0.3) is 0 Å². The van der Waals surface area contributed by atoms with Gasteiger partial charge in [0.2, 0.25) is 5.88 Å². The number of carbonyl (C=O) groups excluding carboxylic acids is 1. The van der Waals surface area contributed by atoms with Crippen molar-refractivity contribution >= 4 is 16.9 Å². The Morgan fingerprint density at radius 2 is 2.19 bits per heavy atom. The molecule has 0 bridgehead atoms. The highest BCUT2D eigenvalue weighted by molar-refractivity contribution is 6.01. The van der Waals surface area contributed by atoms with Crippen LogP contribution < -0.4 is 4.74 Å². The summed E-state index contributed by atoms with van der Waals surface area (Å²) < 4.78 is 12.6. The van der Waals surface area contributed by atoms with E-state index in [1.807, 2.05) is 19.3 Å². The molecule has 3 aromatic rings. The highest BCUT2D eigenvalue weighted by atomic mass is 16.5. The largest absolute Gasteiger partial charge is 0.477 e. The van der Waals surface area contributed by atoms with Gasteiger partial charge in [0.15, 0.2) is 5.69 Å². The van der Waals surface area contributed by atoms with E-state index in [-0.39, 0.29) is 0 Å². The van der Waals surface area contributed by atoms with Crippen molar-refractivity contribution in [2.75, 3.05) is 13.2 Å². The molecule has 0 amide bonds. The molecule has 1 fully saturated rings. The number of hydrogen-bond acceptors (Lipinski definition) is 6. The molecule has 1 saturated carbocycles. The summed E-state index contributed by atoms with van der Waals surface area (Å²) in [4.78, 5) is 20.7. The third-order valence-corrected chi connectivity index (χ3v) is 4.53. The number of esters is 1. The molecule has 0 aliphatic heterocycles. The zero-order chi connectivity index (χ0) is 18.8. The van der Waals surface area contributed by atoms with Gasteiger partial charge in [-0.25, -0.2) is 14.8 Å². The van der Waals surface area contributed by atoms with E-state index in [0.29, 0.717) is 41.5 Å². The van der Waals surface area contributed by atoms with Gasteiger partial charge in [0.1, 0.15) is 0 Å². The molecule has 0 N–H and O–H groups in total. The SMILES string of the molecule is CCOC(=O)c1nccc2nn(Cc3cnc(OCC4CC4)c(C)c3)cc12.